The molecule has 8 nitrogen and oxygen atoms in total. The molecule has 0 saturated heterocycles. The van der Waals surface area contributed by atoms with Crippen LogP contribution >= 0.6 is 0 Å². The fourth-order valence-electron chi connectivity index (χ4n) is 3.54. The second-order valence-corrected chi connectivity index (χ2v) is 7.00. The lowest BCUT2D eigenvalue weighted by molar-refractivity contribution is 0.174. The van der Waals surface area contributed by atoms with Gasteiger partial charge >= 0.3 is 0 Å². The molecule has 1 aromatic heterocycles. The highest BCUT2D eigenvalue weighted by Gasteiger charge is 2.38. The highest BCUT2D eigenvalue weighted by molar-refractivity contribution is 5.96. The third-order valence-electron chi connectivity index (χ3n) is 5.13. The number of amidine groups is 1. The van der Waals surface area contributed by atoms with E-state index in [-0.39, 0.29) is 6.79 Å². The highest BCUT2D eigenvalue weighted by atomic mass is 16.7. The first kappa shape index (κ1) is 14.9. The van der Waals surface area contributed by atoms with Gasteiger partial charge in [0.25, 0.3) is 11.7 Å². The Kier molecular flexibility index (Phi) is 3.09. The molecule has 4 aliphatic rings. The van der Waals surface area contributed by atoms with Gasteiger partial charge in [0.05, 0.1) is 12.4 Å². The Balaban J connectivity index is 1.32. The smallest absolute Gasteiger partial charge is 0.284 e. The second kappa shape index (κ2) is 5.62. The van der Waals surface area contributed by atoms with E-state index in [1.807, 2.05) is 30.6 Å². The van der Waals surface area contributed by atoms with Gasteiger partial charge in [-0.2, -0.15) is 10.1 Å². The summed E-state index contributed by atoms with van der Waals surface area (Å²) in [6.07, 6.45) is 8.33. The zero-order chi connectivity index (χ0) is 17.8. The number of nitrogens with one attached hydrogen (secondary N) is 2. The third kappa shape index (κ3) is 2.57. The lowest BCUT2D eigenvalue weighted by Gasteiger charge is -2.25. The molecule has 1 radical (unpaired) electrons. The van der Waals surface area contributed by atoms with Gasteiger partial charge in [-0.25, -0.2) is 0 Å². The normalized spacial score (nSPS) is 20.5. The molecule has 0 bridgehead atoms. The van der Waals surface area contributed by atoms with Gasteiger partial charge in [0, 0.05) is 29.4 Å². The summed E-state index contributed by atoms with van der Waals surface area (Å²) >= 11 is 0. The number of benzene rings is 1. The summed E-state index contributed by atoms with van der Waals surface area (Å²) in [5.74, 6) is 4.86. The molecule has 6 rings (SSSR count). The van der Waals surface area contributed by atoms with Gasteiger partial charge in [0.2, 0.25) is 6.79 Å². The van der Waals surface area contributed by atoms with Crippen LogP contribution in [0.5, 0.6) is 11.5 Å². The number of H-pyrrole nitrogens is 1. The molecule has 2 aromatic rings. The Morgan fingerprint density at radius 1 is 1.19 bits per heavy atom. The average Bonchev–Trinajstić information content (AvgIpc) is 3.10. The van der Waals surface area contributed by atoms with Gasteiger partial charge in [-0.05, 0) is 29.9 Å². The third-order valence-corrected chi connectivity index (χ3v) is 5.13. The van der Waals surface area contributed by atoms with Crippen LogP contribution < -0.4 is 24.6 Å². The van der Waals surface area contributed by atoms with E-state index in [0.29, 0.717) is 12.5 Å². The van der Waals surface area contributed by atoms with Crippen molar-refractivity contribution in [1.29, 1.82) is 0 Å². The molecule has 1 aromatic carbocycles. The van der Waals surface area contributed by atoms with Gasteiger partial charge in [-0.15, -0.1) is 0 Å². The zero-order valence-electron chi connectivity index (χ0n) is 14.6. The lowest BCUT2D eigenvalue weighted by Crippen LogP contribution is -2.45. The van der Waals surface area contributed by atoms with E-state index in [1.54, 1.807) is 0 Å². The van der Waals surface area contributed by atoms with E-state index in [0.717, 1.165) is 34.7 Å². The monoisotopic (exact) mass is 362 g/mol. The number of aromatic amines is 1. The molecule has 1 aliphatic carbocycles. The van der Waals surface area contributed by atoms with Gasteiger partial charge in [-0.1, -0.05) is 0 Å². The number of hydrogen-bond acceptors (Lipinski definition) is 7. The topological polar surface area (TPSA) is 80.7 Å². The predicted octanol–water partition coefficient (Wildman–Crippen LogP) is 2.77. The largest absolute Gasteiger partial charge is 0.454 e. The summed E-state index contributed by atoms with van der Waals surface area (Å²) in [4.78, 5) is 8.69. The molecule has 4 heterocycles. The van der Waals surface area contributed by atoms with E-state index in [1.165, 1.54) is 18.5 Å². The minimum atomic E-state index is 0.272. The Morgan fingerprint density at radius 3 is 3.04 bits per heavy atom. The molecule has 2 N–H and O–H groups in total. The van der Waals surface area contributed by atoms with Crippen molar-refractivity contribution in [3.8, 4) is 11.5 Å². The number of ether oxygens (including phenoxy) is 2. The molecule has 0 atom stereocenters. The van der Waals surface area contributed by atoms with Crippen LogP contribution in [-0.4, -0.2) is 29.4 Å². The van der Waals surface area contributed by atoms with E-state index >= 15 is 0 Å². The molecule has 1 fully saturated rings. The summed E-state index contributed by atoms with van der Waals surface area (Å²) in [5, 5.41) is 11.0. The number of anilines is 2. The zero-order valence-corrected chi connectivity index (χ0v) is 14.6. The second-order valence-electron chi connectivity index (χ2n) is 7.00. The number of aliphatic imine (C=N–C) groups is 1. The molecule has 135 valence electrons. The maximum Gasteiger partial charge on any atom is 0.284 e. The van der Waals surface area contributed by atoms with Crippen LogP contribution in [0.15, 0.2) is 53.7 Å². The van der Waals surface area contributed by atoms with Crippen molar-refractivity contribution >= 4 is 17.3 Å². The summed E-state index contributed by atoms with van der Waals surface area (Å²) in [7, 11) is 0. The quantitative estimate of drug-likeness (QED) is 0.818. The SMILES string of the molecule is C1=C[N+]2C(Nc3cc(C4CC4)[nH]n3)=CN(c3ccc4c(c3)OCO4)CC2=N1. The van der Waals surface area contributed by atoms with Crippen molar-refractivity contribution in [1.82, 2.24) is 15.1 Å². The minimum Gasteiger partial charge on any atom is -0.454 e. The molecule has 0 unspecified atom stereocenters. The Bertz CT molecular complexity index is 1000. The van der Waals surface area contributed by atoms with Crippen molar-refractivity contribution in [3.63, 3.8) is 0 Å². The van der Waals surface area contributed by atoms with Crippen LogP contribution in [0.25, 0.3) is 0 Å². The van der Waals surface area contributed by atoms with E-state index in [9.17, 15) is 0 Å². The Labute approximate surface area is 155 Å². The van der Waals surface area contributed by atoms with Crippen molar-refractivity contribution in [2.75, 3.05) is 23.6 Å². The molecule has 0 amide bonds. The highest BCUT2D eigenvalue weighted by Crippen LogP contribution is 2.40. The van der Waals surface area contributed by atoms with Crippen molar-refractivity contribution in [2.45, 2.75) is 18.8 Å². The standard InChI is InChI=1S/C19H18N6O2/c1-2-12(1)14-8-17(23-22-14)21-19-10-24(9-18-20-5-6-25(18)19)13-3-4-15-16(7-13)27-11-26-15/h3-8,10,12H,1-2,9,11H2,(H2,21,22,23)/q+1. The Morgan fingerprint density at radius 2 is 2.11 bits per heavy atom. The summed E-state index contributed by atoms with van der Waals surface area (Å²) in [6.45, 7) is 0.944. The fourth-order valence-corrected chi connectivity index (χ4v) is 3.54. The van der Waals surface area contributed by atoms with Gasteiger partial charge in [0.15, 0.2) is 23.5 Å². The first-order chi connectivity index (χ1) is 13.3. The number of hydrogen-bond donors (Lipinski definition) is 2. The van der Waals surface area contributed by atoms with Gasteiger partial charge in [0.1, 0.15) is 6.54 Å². The van der Waals surface area contributed by atoms with E-state index < -0.39 is 0 Å². The van der Waals surface area contributed by atoms with Crippen molar-refractivity contribution in [3.05, 3.63) is 54.4 Å². The maximum absolute atomic E-state index is 5.52. The Hall–Kier alpha value is -3.26. The van der Waals surface area contributed by atoms with Crippen LogP contribution in [0, 0.1) is 0 Å². The fraction of sp³-hybridized carbons (Fsp3) is 0.263. The molecule has 1 saturated carbocycles. The summed E-state index contributed by atoms with van der Waals surface area (Å²) in [6, 6.07) is 8.05. The number of nitrogens with zero attached hydrogens (tertiary/aromatic N) is 4. The van der Waals surface area contributed by atoms with Gasteiger partial charge in [-0.3, -0.25) is 10.4 Å². The molecular formula is C19H18N6O2+. The van der Waals surface area contributed by atoms with E-state index in [4.69, 9.17) is 9.47 Å². The van der Waals surface area contributed by atoms with Crippen molar-refractivity contribution in [2.24, 2.45) is 4.99 Å². The average molecular weight is 362 g/mol. The summed E-state index contributed by atoms with van der Waals surface area (Å²) < 4.78 is 10.9. The molecule has 27 heavy (non-hydrogen) atoms. The molecular weight excluding hydrogens is 344 g/mol. The number of aromatic nitrogens is 2. The minimum absolute atomic E-state index is 0.272. The predicted molar refractivity (Wildman–Crippen MR) is 101 cm³/mol. The van der Waals surface area contributed by atoms with Gasteiger partial charge < -0.3 is 14.4 Å². The van der Waals surface area contributed by atoms with E-state index in [2.05, 4.69) is 42.6 Å². The first-order valence-electron chi connectivity index (χ1n) is 9.06. The first-order valence-corrected chi connectivity index (χ1v) is 9.06. The molecule has 0 spiro atoms. The summed E-state index contributed by atoms with van der Waals surface area (Å²) in [5.41, 5.74) is 2.22. The van der Waals surface area contributed by atoms with Crippen LogP contribution in [0.1, 0.15) is 24.5 Å². The van der Waals surface area contributed by atoms with Crippen LogP contribution in [0.4, 0.5) is 11.5 Å². The van der Waals surface area contributed by atoms with Crippen LogP contribution in [-0.2, 0) is 0 Å². The van der Waals surface area contributed by atoms with Crippen LogP contribution in [0.3, 0.4) is 0 Å². The number of rotatable bonds is 4. The molecule has 8 heteroatoms. The maximum atomic E-state index is 5.52. The number of fused-ring (bicyclic) bond motifs is 2. The molecule has 3 aliphatic heterocycles. The van der Waals surface area contributed by atoms with Crippen LogP contribution in [0.2, 0.25) is 0 Å². The lowest BCUT2D eigenvalue weighted by atomic mass is 10.2. The van der Waals surface area contributed by atoms with Crippen molar-refractivity contribution < 1.29 is 9.47 Å².